The number of rotatable bonds is 7. The normalized spacial score (nSPS) is 18.3. The Morgan fingerprint density at radius 1 is 1.38 bits per heavy atom. The van der Waals surface area contributed by atoms with E-state index in [4.69, 9.17) is 4.74 Å². The zero-order chi connectivity index (χ0) is 17.0. The molecular weight excluding hydrogens is 328 g/mol. The number of nitrogens with zero attached hydrogens (tertiary/aromatic N) is 4. The van der Waals surface area contributed by atoms with Gasteiger partial charge in [-0.3, -0.25) is 4.90 Å². The molecule has 8 heteroatoms. The van der Waals surface area contributed by atoms with Crippen LogP contribution in [0.1, 0.15) is 18.7 Å². The SMILES string of the molecule is CCS(=O)(=O)CCN1Cc2cncn2C(COc2ccccn2)C1. The lowest BCUT2D eigenvalue weighted by atomic mass is 10.2. The molecule has 0 bridgehead atoms. The summed E-state index contributed by atoms with van der Waals surface area (Å²) in [5.74, 6) is 0.959. The van der Waals surface area contributed by atoms with Crippen LogP contribution in [-0.2, 0) is 16.4 Å². The smallest absolute Gasteiger partial charge is 0.213 e. The molecule has 0 N–H and O–H groups in total. The second kappa shape index (κ2) is 7.31. The van der Waals surface area contributed by atoms with Gasteiger partial charge in [0.15, 0.2) is 9.84 Å². The molecule has 2 aromatic heterocycles. The van der Waals surface area contributed by atoms with Gasteiger partial charge in [-0.25, -0.2) is 18.4 Å². The summed E-state index contributed by atoms with van der Waals surface area (Å²) in [6, 6.07) is 5.64. The molecule has 0 aliphatic carbocycles. The van der Waals surface area contributed by atoms with Gasteiger partial charge in [0.05, 0.1) is 23.8 Å². The van der Waals surface area contributed by atoms with Crippen LogP contribution in [0.25, 0.3) is 0 Å². The van der Waals surface area contributed by atoms with E-state index in [1.807, 2.05) is 30.7 Å². The molecule has 0 amide bonds. The van der Waals surface area contributed by atoms with Crippen LogP contribution in [-0.4, -0.2) is 59.1 Å². The van der Waals surface area contributed by atoms with Crippen LogP contribution in [0.15, 0.2) is 36.9 Å². The van der Waals surface area contributed by atoms with E-state index in [1.165, 1.54) is 0 Å². The third-order valence-electron chi connectivity index (χ3n) is 4.21. The molecule has 3 rings (SSSR count). The van der Waals surface area contributed by atoms with Crippen LogP contribution in [0.5, 0.6) is 5.88 Å². The number of aromatic nitrogens is 3. The van der Waals surface area contributed by atoms with E-state index in [-0.39, 0.29) is 17.5 Å². The van der Waals surface area contributed by atoms with E-state index >= 15 is 0 Å². The summed E-state index contributed by atoms with van der Waals surface area (Å²) >= 11 is 0. The third kappa shape index (κ3) is 4.12. The molecule has 1 aliphatic rings. The molecule has 0 radical (unpaired) electrons. The Hall–Kier alpha value is -1.93. The highest BCUT2D eigenvalue weighted by Crippen LogP contribution is 2.21. The highest BCUT2D eigenvalue weighted by molar-refractivity contribution is 7.91. The van der Waals surface area contributed by atoms with Crippen molar-refractivity contribution in [2.75, 3.05) is 31.2 Å². The summed E-state index contributed by atoms with van der Waals surface area (Å²) in [5, 5.41) is 0. The van der Waals surface area contributed by atoms with Crippen molar-refractivity contribution in [1.82, 2.24) is 19.4 Å². The molecule has 2 aromatic rings. The zero-order valence-electron chi connectivity index (χ0n) is 13.7. The number of hydrogen-bond donors (Lipinski definition) is 0. The molecular formula is C16H22N4O3S. The lowest BCUT2D eigenvalue weighted by molar-refractivity contribution is 0.145. The molecule has 3 heterocycles. The van der Waals surface area contributed by atoms with E-state index in [2.05, 4.69) is 19.4 Å². The quantitative estimate of drug-likeness (QED) is 0.745. The molecule has 0 saturated heterocycles. The van der Waals surface area contributed by atoms with Crippen LogP contribution in [0, 0.1) is 0 Å². The highest BCUT2D eigenvalue weighted by atomic mass is 32.2. The number of sulfone groups is 1. The molecule has 130 valence electrons. The maximum absolute atomic E-state index is 11.8. The molecule has 1 unspecified atom stereocenters. The molecule has 24 heavy (non-hydrogen) atoms. The van der Waals surface area contributed by atoms with Gasteiger partial charge in [-0.2, -0.15) is 0 Å². The van der Waals surface area contributed by atoms with Crippen molar-refractivity contribution < 1.29 is 13.2 Å². The van der Waals surface area contributed by atoms with Gasteiger partial charge in [0, 0.05) is 43.8 Å². The Morgan fingerprint density at radius 3 is 3.00 bits per heavy atom. The molecule has 1 aliphatic heterocycles. The van der Waals surface area contributed by atoms with E-state index in [0.717, 1.165) is 12.2 Å². The molecule has 0 aromatic carbocycles. The average Bonchev–Trinajstić information content (AvgIpc) is 3.07. The second-order valence-corrected chi connectivity index (χ2v) is 8.37. The van der Waals surface area contributed by atoms with Crippen molar-refractivity contribution in [1.29, 1.82) is 0 Å². The van der Waals surface area contributed by atoms with Gasteiger partial charge in [-0.05, 0) is 6.07 Å². The first-order valence-electron chi connectivity index (χ1n) is 8.04. The Bertz CT molecular complexity index is 761. The topological polar surface area (TPSA) is 77.3 Å². The lowest BCUT2D eigenvalue weighted by Gasteiger charge is -2.34. The Labute approximate surface area is 142 Å². The summed E-state index contributed by atoms with van der Waals surface area (Å²) < 4.78 is 31.4. The fourth-order valence-electron chi connectivity index (χ4n) is 2.79. The first kappa shape index (κ1) is 16.9. The van der Waals surface area contributed by atoms with Crippen LogP contribution in [0.4, 0.5) is 0 Å². The Kier molecular flexibility index (Phi) is 5.15. The highest BCUT2D eigenvalue weighted by Gasteiger charge is 2.26. The fraction of sp³-hybridized carbons (Fsp3) is 0.500. The summed E-state index contributed by atoms with van der Waals surface area (Å²) in [6.07, 6.45) is 5.33. The minimum atomic E-state index is -2.96. The number of fused-ring (bicyclic) bond motifs is 1. The van der Waals surface area contributed by atoms with Gasteiger partial charge in [0.2, 0.25) is 5.88 Å². The van der Waals surface area contributed by atoms with Crippen molar-refractivity contribution >= 4 is 9.84 Å². The van der Waals surface area contributed by atoms with Crippen molar-refractivity contribution in [3.8, 4) is 5.88 Å². The van der Waals surface area contributed by atoms with Crippen LogP contribution in [0.3, 0.4) is 0 Å². The van der Waals surface area contributed by atoms with Crippen molar-refractivity contribution in [2.24, 2.45) is 0 Å². The molecule has 0 fully saturated rings. The second-order valence-electron chi connectivity index (χ2n) is 5.90. The zero-order valence-corrected chi connectivity index (χ0v) is 14.5. The molecule has 1 atom stereocenters. The largest absolute Gasteiger partial charge is 0.475 e. The summed E-state index contributed by atoms with van der Waals surface area (Å²) in [6.45, 7) is 4.12. The van der Waals surface area contributed by atoms with E-state index < -0.39 is 9.84 Å². The minimum absolute atomic E-state index is 0.0857. The monoisotopic (exact) mass is 350 g/mol. The maximum Gasteiger partial charge on any atom is 0.213 e. The van der Waals surface area contributed by atoms with E-state index in [9.17, 15) is 8.42 Å². The predicted molar refractivity (Wildman–Crippen MR) is 90.6 cm³/mol. The first-order chi connectivity index (χ1) is 11.6. The molecule has 0 saturated carbocycles. The molecule has 7 nitrogen and oxygen atoms in total. The number of imidazole rings is 1. The van der Waals surface area contributed by atoms with Crippen LogP contribution >= 0.6 is 0 Å². The van der Waals surface area contributed by atoms with Gasteiger partial charge in [0.25, 0.3) is 0 Å². The summed E-state index contributed by atoms with van der Waals surface area (Å²) in [4.78, 5) is 10.5. The predicted octanol–water partition coefficient (Wildman–Crippen LogP) is 1.15. The van der Waals surface area contributed by atoms with Gasteiger partial charge < -0.3 is 9.30 Å². The van der Waals surface area contributed by atoms with Crippen LogP contribution in [0.2, 0.25) is 0 Å². The van der Waals surface area contributed by atoms with Gasteiger partial charge in [0.1, 0.15) is 6.61 Å². The summed E-state index contributed by atoms with van der Waals surface area (Å²) in [5.41, 5.74) is 1.07. The van der Waals surface area contributed by atoms with Gasteiger partial charge in [-0.15, -0.1) is 0 Å². The average molecular weight is 350 g/mol. The standard InChI is InChI=1S/C16H22N4O3S/c1-2-24(21,22)8-7-19-10-14-9-17-13-20(14)15(11-19)12-23-16-5-3-4-6-18-16/h3-6,9,13,15H,2,7-8,10-12H2,1H3. The van der Waals surface area contributed by atoms with Crippen LogP contribution < -0.4 is 4.74 Å². The fourth-order valence-corrected chi connectivity index (χ4v) is 3.62. The summed E-state index contributed by atoms with van der Waals surface area (Å²) in [7, 11) is -2.96. The van der Waals surface area contributed by atoms with Gasteiger partial charge >= 0.3 is 0 Å². The Balaban J connectivity index is 1.65. The van der Waals surface area contributed by atoms with Crippen molar-refractivity contribution in [3.63, 3.8) is 0 Å². The number of ether oxygens (including phenoxy) is 1. The minimum Gasteiger partial charge on any atom is -0.475 e. The molecule has 0 spiro atoms. The Morgan fingerprint density at radius 2 is 2.25 bits per heavy atom. The van der Waals surface area contributed by atoms with Crippen molar-refractivity contribution in [3.05, 3.63) is 42.6 Å². The van der Waals surface area contributed by atoms with E-state index in [1.54, 1.807) is 13.1 Å². The van der Waals surface area contributed by atoms with Gasteiger partial charge in [-0.1, -0.05) is 13.0 Å². The number of pyridine rings is 1. The number of hydrogen-bond acceptors (Lipinski definition) is 6. The van der Waals surface area contributed by atoms with E-state index in [0.29, 0.717) is 25.6 Å². The van der Waals surface area contributed by atoms with Crippen molar-refractivity contribution in [2.45, 2.75) is 19.5 Å². The lowest BCUT2D eigenvalue weighted by Crippen LogP contribution is -2.41. The maximum atomic E-state index is 11.8. The third-order valence-corrected chi connectivity index (χ3v) is 5.90. The first-order valence-corrected chi connectivity index (χ1v) is 9.87.